The van der Waals surface area contributed by atoms with Crippen molar-refractivity contribution in [3.05, 3.63) is 58.2 Å². The van der Waals surface area contributed by atoms with Crippen LogP contribution in [0.2, 0.25) is 5.02 Å². The number of amides is 3. The molecule has 3 N–H and O–H groups in total. The summed E-state index contributed by atoms with van der Waals surface area (Å²) in [5.41, 5.74) is 5.65. The van der Waals surface area contributed by atoms with Gasteiger partial charge in [0.05, 0.1) is 10.6 Å². The largest absolute Gasteiger partial charge is 0.417 e. The third-order valence-electron chi connectivity index (χ3n) is 4.92. The molecule has 0 bridgehead atoms. The zero-order valence-electron chi connectivity index (χ0n) is 16.5. The number of piperazine rings is 1. The molecule has 1 aliphatic rings. The van der Waals surface area contributed by atoms with Crippen molar-refractivity contribution in [2.75, 3.05) is 37.6 Å². The van der Waals surface area contributed by atoms with Crippen molar-refractivity contribution in [1.82, 2.24) is 15.2 Å². The third-order valence-corrected chi connectivity index (χ3v) is 5.20. The van der Waals surface area contributed by atoms with E-state index in [1.54, 1.807) is 28.0 Å². The maximum atomic E-state index is 12.8. The molecule has 1 aromatic heterocycles. The molecule has 0 unspecified atom stereocenters. The number of carbonyl (C=O) groups is 2. The molecule has 0 radical (unpaired) electrons. The molecule has 3 rings (SSSR count). The van der Waals surface area contributed by atoms with Crippen LogP contribution in [0.3, 0.4) is 0 Å². The van der Waals surface area contributed by atoms with E-state index >= 15 is 0 Å². The number of nitrogens with two attached hydrogens (primary N) is 1. The van der Waals surface area contributed by atoms with E-state index in [2.05, 4.69) is 10.3 Å². The fraction of sp³-hybridized carbons (Fsp3) is 0.350. The van der Waals surface area contributed by atoms with Crippen molar-refractivity contribution in [2.24, 2.45) is 5.73 Å². The van der Waals surface area contributed by atoms with Crippen molar-refractivity contribution in [2.45, 2.75) is 12.6 Å². The highest BCUT2D eigenvalue weighted by molar-refractivity contribution is 6.33. The van der Waals surface area contributed by atoms with Crippen LogP contribution in [0.15, 0.2) is 36.5 Å². The molecule has 11 heteroatoms. The minimum absolute atomic E-state index is 0.0779. The Labute approximate surface area is 182 Å². The highest BCUT2D eigenvalue weighted by Crippen LogP contribution is 2.33. The molecule has 2 heterocycles. The van der Waals surface area contributed by atoms with Crippen molar-refractivity contribution >= 4 is 29.4 Å². The number of hydrogen-bond donors (Lipinski definition) is 2. The Hall–Kier alpha value is -3.01. The summed E-state index contributed by atoms with van der Waals surface area (Å²) in [5.74, 6) is -0.240. The maximum absolute atomic E-state index is 12.8. The van der Waals surface area contributed by atoms with Crippen molar-refractivity contribution < 1.29 is 22.8 Å². The number of nitrogens with zero attached hydrogens (tertiary/aromatic N) is 3. The molecule has 166 valence electrons. The number of benzene rings is 1. The van der Waals surface area contributed by atoms with Crippen LogP contribution in [0.5, 0.6) is 0 Å². The van der Waals surface area contributed by atoms with E-state index in [1.165, 1.54) is 0 Å². The number of rotatable bonds is 5. The first-order valence-corrected chi connectivity index (χ1v) is 9.92. The summed E-state index contributed by atoms with van der Waals surface area (Å²) >= 11 is 6.00. The lowest BCUT2D eigenvalue weighted by atomic mass is 10.1. The van der Waals surface area contributed by atoms with Crippen LogP contribution in [0.4, 0.5) is 23.8 Å². The summed E-state index contributed by atoms with van der Waals surface area (Å²) in [7, 11) is 0. The molecule has 0 spiro atoms. The van der Waals surface area contributed by atoms with Crippen LogP contribution in [0, 0.1) is 0 Å². The molecular formula is C20H21ClF3N5O2. The number of halogens is 4. The molecule has 1 aliphatic heterocycles. The zero-order valence-corrected chi connectivity index (χ0v) is 17.2. The van der Waals surface area contributed by atoms with E-state index in [0.29, 0.717) is 44.7 Å². The van der Waals surface area contributed by atoms with Crippen LogP contribution in [-0.2, 0) is 12.6 Å². The summed E-state index contributed by atoms with van der Waals surface area (Å²) < 4.78 is 38.3. The Morgan fingerprint density at radius 2 is 1.87 bits per heavy atom. The zero-order chi connectivity index (χ0) is 22.6. The van der Waals surface area contributed by atoms with Crippen LogP contribution in [0.25, 0.3) is 0 Å². The lowest BCUT2D eigenvalue weighted by Gasteiger charge is -2.35. The molecule has 1 fully saturated rings. The van der Waals surface area contributed by atoms with Gasteiger partial charge in [-0.25, -0.2) is 9.78 Å². The molecule has 7 nitrogen and oxygen atoms in total. The van der Waals surface area contributed by atoms with Gasteiger partial charge in [-0.1, -0.05) is 23.7 Å². The number of urea groups is 1. The Kier molecular flexibility index (Phi) is 6.89. The van der Waals surface area contributed by atoms with E-state index in [-0.39, 0.29) is 16.9 Å². The van der Waals surface area contributed by atoms with Gasteiger partial charge in [-0.05, 0) is 30.2 Å². The number of nitrogens with one attached hydrogen (secondary N) is 1. The molecule has 2 aromatic rings. The summed E-state index contributed by atoms with van der Waals surface area (Å²) in [6, 6.07) is 7.51. The van der Waals surface area contributed by atoms with E-state index in [1.807, 2.05) is 6.07 Å². The van der Waals surface area contributed by atoms with Gasteiger partial charge in [0.1, 0.15) is 5.82 Å². The van der Waals surface area contributed by atoms with E-state index < -0.39 is 17.6 Å². The second-order valence-electron chi connectivity index (χ2n) is 7.05. The average molecular weight is 456 g/mol. The smallest absolute Gasteiger partial charge is 0.366 e. The second kappa shape index (κ2) is 9.42. The summed E-state index contributed by atoms with van der Waals surface area (Å²) in [6.45, 7) is 1.93. The predicted molar refractivity (Wildman–Crippen MR) is 110 cm³/mol. The molecule has 3 amide bonds. The highest BCUT2D eigenvalue weighted by Gasteiger charge is 2.32. The molecule has 0 aliphatic carbocycles. The van der Waals surface area contributed by atoms with Gasteiger partial charge < -0.3 is 20.9 Å². The van der Waals surface area contributed by atoms with E-state index in [4.69, 9.17) is 17.3 Å². The first-order chi connectivity index (χ1) is 14.6. The second-order valence-corrected chi connectivity index (χ2v) is 7.46. The highest BCUT2D eigenvalue weighted by atomic mass is 35.5. The Morgan fingerprint density at radius 1 is 1.16 bits per heavy atom. The summed E-state index contributed by atoms with van der Waals surface area (Å²) in [6.07, 6.45) is -3.21. The first kappa shape index (κ1) is 22.7. The number of hydrogen-bond acceptors (Lipinski definition) is 4. The van der Waals surface area contributed by atoms with Gasteiger partial charge in [-0.2, -0.15) is 13.2 Å². The number of alkyl halides is 3. The third kappa shape index (κ3) is 5.78. The van der Waals surface area contributed by atoms with Crippen LogP contribution in [-0.4, -0.2) is 54.5 Å². The first-order valence-electron chi connectivity index (χ1n) is 9.54. The van der Waals surface area contributed by atoms with Gasteiger partial charge in [0, 0.05) is 44.5 Å². The monoisotopic (exact) mass is 455 g/mol. The van der Waals surface area contributed by atoms with Gasteiger partial charge in [0.25, 0.3) is 0 Å². The van der Waals surface area contributed by atoms with Crippen molar-refractivity contribution in [3.63, 3.8) is 0 Å². The quantitative estimate of drug-likeness (QED) is 0.725. The topological polar surface area (TPSA) is 91.6 Å². The van der Waals surface area contributed by atoms with Gasteiger partial charge in [0.15, 0.2) is 0 Å². The number of pyridine rings is 1. The summed E-state index contributed by atoms with van der Waals surface area (Å²) in [5, 5.41) is 2.75. The maximum Gasteiger partial charge on any atom is 0.417 e. The van der Waals surface area contributed by atoms with Gasteiger partial charge >= 0.3 is 12.2 Å². The lowest BCUT2D eigenvalue weighted by Crippen LogP contribution is -2.52. The molecule has 31 heavy (non-hydrogen) atoms. The SMILES string of the molecule is NC(=O)c1cccc(CCNC(=O)N2CCN(c3ncc(C(F)(F)F)cc3Cl)CC2)c1. The Balaban J connectivity index is 1.49. The number of aromatic nitrogens is 1. The van der Waals surface area contributed by atoms with Gasteiger partial charge in [0.2, 0.25) is 5.91 Å². The average Bonchev–Trinajstić information content (AvgIpc) is 2.73. The van der Waals surface area contributed by atoms with Gasteiger partial charge in [-0.3, -0.25) is 4.79 Å². The van der Waals surface area contributed by atoms with Crippen molar-refractivity contribution in [3.8, 4) is 0 Å². The Morgan fingerprint density at radius 3 is 2.48 bits per heavy atom. The molecule has 0 atom stereocenters. The van der Waals surface area contributed by atoms with Crippen LogP contribution >= 0.6 is 11.6 Å². The minimum Gasteiger partial charge on any atom is -0.366 e. The van der Waals surface area contributed by atoms with E-state index in [9.17, 15) is 22.8 Å². The molecule has 0 saturated carbocycles. The van der Waals surface area contributed by atoms with Crippen LogP contribution < -0.4 is 16.0 Å². The van der Waals surface area contributed by atoms with Crippen LogP contribution in [0.1, 0.15) is 21.5 Å². The van der Waals surface area contributed by atoms with Crippen molar-refractivity contribution in [1.29, 1.82) is 0 Å². The predicted octanol–water partition coefficient (Wildman–Crippen LogP) is 2.93. The number of primary amides is 1. The van der Waals surface area contributed by atoms with E-state index in [0.717, 1.165) is 17.8 Å². The molecule has 1 aromatic carbocycles. The fourth-order valence-electron chi connectivity index (χ4n) is 3.25. The normalized spacial score (nSPS) is 14.5. The lowest BCUT2D eigenvalue weighted by molar-refractivity contribution is -0.137. The minimum atomic E-state index is -4.51. The molecular weight excluding hydrogens is 435 g/mol. The van der Waals surface area contributed by atoms with Gasteiger partial charge in [-0.15, -0.1) is 0 Å². The molecule has 1 saturated heterocycles. The Bertz CT molecular complexity index is 962. The fourth-order valence-corrected chi connectivity index (χ4v) is 3.53. The number of anilines is 1. The summed E-state index contributed by atoms with van der Waals surface area (Å²) in [4.78, 5) is 30.8. The standard InChI is InChI=1S/C20H21ClF3N5O2/c21-16-11-15(20(22,23)24)12-27-18(16)28-6-8-29(9-7-28)19(31)26-5-4-13-2-1-3-14(10-13)17(25)30/h1-3,10-12H,4-9H2,(H2,25,30)(H,26,31). The number of carbonyl (C=O) groups excluding carboxylic acids is 2.